The lowest BCUT2D eigenvalue weighted by Crippen LogP contribution is -2.37. The Balaban J connectivity index is 1.97. The predicted molar refractivity (Wildman–Crippen MR) is 126 cm³/mol. The summed E-state index contributed by atoms with van der Waals surface area (Å²) in [5.41, 5.74) is -0.423. The van der Waals surface area contributed by atoms with Crippen molar-refractivity contribution in [2.45, 2.75) is 59.3 Å². The van der Waals surface area contributed by atoms with Crippen molar-refractivity contribution in [3.63, 3.8) is 0 Å². The van der Waals surface area contributed by atoms with Crippen LogP contribution in [0.4, 0.5) is 15.4 Å². The van der Waals surface area contributed by atoms with Gasteiger partial charge < -0.3 is 9.47 Å². The van der Waals surface area contributed by atoms with E-state index in [1.54, 1.807) is 53.8 Å². The van der Waals surface area contributed by atoms with Gasteiger partial charge >= 0.3 is 12.2 Å². The number of pyridine rings is 1. The number of aromatic nitrogens is 4. The molecule has 33 heavy (non-hydrogen) atoms. The fourth-order valence-electron chi connectivity index (χ4n) is 2.86. The summed E-state index contributed by atoms with van der Waals surface area (Å²) in [4.78, 5) is 39.2. The second-order valence-corrected chi connectivity index (χ2v) is 10.1. The highest BCUT2D eigenvalue weighted by Crippen LogP contribution is 2.28. The van der Waals surface area contributed by atoms with E-state index < -0.39 is 23.4 Å². The lowest BCUT2D eigenvalue weighted by atomic mass is 10.2. The van der Waals surface area contributed by atoms with E-state index in [2.05, 4.69) is 15.0 Å². The SMILES string of the molecule is CC(C)(C)OC(=O)N(Cc1cnc2c(c1)c(Cl)cn2C(=O)OC(C)(C)C)c1cc(Cl)ncn1. The molecule has 3 aromatic heterocycles. The Morgan fingerprint density at radius 1 is 1.00 bits per heavy atom. The molecule has 0 radical (unpaired) electrons. The van der Waals surface area contributed by atoms with Crippen molar-refractivity contribution < 1.29 is 19.1 Å². The third-order valence-electron chi connectivity index (χ3n) is 4.09. The average Bonchev–Trinajstić information content (AvgIpc) is 3.00. The van der Waals surface area contributed by atoms with Gasteiger partial charge in [-0.3, -0.25) is 4.90 Å². The Morgan fingerprint density at radius 2 is 1.67 bits per heavy atom. The Bertz CT molecular complexity index is 1200. The summed E-state index contributed by atoms with van der Waals surface area (Å²) in [6, 6.07) is 3.20. The molecule has 0 saturated carbocycles. The average molecular weight is 494 g/mol. The van der Waals surface area contributed by atoms with Crippen LogP contribution in [0.2, 0.25) is 10.2 Å². The molecule has 0 unspecified atom stereocenters. The minimum atomic E-state index is -0.720. The summed E-state index contributed by atoms with van der Waals surface area (Å²) in [7, 11) is 0. The topological polar surface area (TPSA) is 99.4 Å². The molecule has 0 N–H and O–H groups in total. The van der Waals surface area contributed by atoms with Crippen LogP contribution in [0.1, 0.15) is 47.1 Å². The molecule has 11 heteroatoms. The zero-order valence-electron chi connectivity index (χ0n) is 19.2. The highest BCUT2D eigenvalue weighted by atomic mass is 35.5. The zero-order valence-corrected chi connectivity index (χ0v) is 20.7. The quantitative estimate of drug-likeness (QED) is 0.421. The molecule has 0 aliphatic carbocycles. The fraction of sp³-hybridized carbons (Fsp3) is 0.409. The van der Waals surface area contributed by atoms with Crippen LogP contribution in [-0.4, -0.2) is 42.9 Å². The van der Waals surface area contributed by atoms with E-state index >= 15 is 0 Å². The number of ether oxygens (including phenoxy) is 2. The molecule has 0 atom stereocenters. The van der Waals surface area contributed by atoms with Crippen molar-refractivity contribution >= 4 is 52.2 Å². The number of carbonyl (C=O) groups is 2. The molecule has 3 aromatic rings. The van der Waals surface area contributed by atoms with Crippen LogP contribution in [0.5, 0.6) is 0 Å². The fourth-order valence-corrected chi connectivity index (χ4v) is 3.24. The molecule has 3 rings (SSSR count). The first-order chi connectivity index (χ1) is 15.2. The van der Waals surface area contributed by atoms with Gasteiger partial charge in [-0.25, -0.2) is 29.1 Å². The first-order valence-electron chi connectivity index (χ1n) is 10.1. The summed E-state index contributed by atoms with van der Waals surface area (Å²) >= 11 is 12.4. The molecule has 0 aliphatic heterocycles. The lowest BCUT2D eigenvalue weighted by Gasteiger charge is -2.26. The molecule has 0 fully saturated rings. The zero-order chi connectivity index (χ0) is 24.6. The van der Waals surface area contributed by atoms with Gasteiger partial charge in [-0.2, -0.15) is 0 Å². The van der Waals surface area contributed by atoms with Crippen molar-refractivity contribution in [3.8, 4) is 0 Å². The number of amides is 1. The summed E-state index contributed by atoms with van der Waals surface area (Å²) in [5, 5.41) is 1.03. The minimum absolute atomic E-state index is 0.0686. The Morgan fingerprint density at radius 3 is 2.27 bits per heavy atom. The molecular formula is C22H25Cl2N5O4. The smallest absolute Gasteiger partial charge is 0.420 e. The van der Waals surface area contributed by atoms with Gasteiger partial charge in [0.15, 0.2) is 5.65 Å². The molecule has 0 bridgehead atoms. The molecule has 0 saturated heterocycles. The van der Waals surface area contributed by atoms with Gasteiger partial charge in [0.1, 0.15) is 28.5 Å². The molecule has 0 spiro atoms. The van der Waals surface area contributed by atoms with Gasteiger partial charge in [0, 0.05) is 23.8 Å². The standard InChI is InChI=1S/C22H25Cl2N5O4/c1-21(2,3)32-19(30)28(17-8-16(24)26-12-27-17)10-13-7-14-15(23)11-29(18(14)25-9-13)20(31)33-22(4,5)6/h7-9,11-12H,10H2,1-6H3. The summed E-state index contributed by atoms with van der Waals surface area (Å²) in [6.07, 6.45) is 3.04. The number of anilines is 1. The number of rotatable bonds is 3. The minimum Gasteiger partial charge on any atom is -0.443 e. The number of hydrogen-bond acceptors (Lipinski definition) is 7. The van der Waals surface area contributed by atoms with E-state index in [9.17, 15) is 9.59 Å². The maximum atomic E-state index is 12.9. The van der Waals surface area contributed by atoms with Crippen LogP contribution < -0.4 is 4.90 Å². The Hall–Kier alpha value is -2.91. The van der Waals surface area contributed by atoms with E-state index in [1.165, 1.54) is 28.1 Å². The second-order valence-electron chi connectivity index (χ2n) is 9.31. The Labute approximate surface area is 201 Å². The first-order valence-corrected chi connectivity index (χ1v) is 10.9. The highest BCUT2D eigenvalue weighted by molar-refractivity contribution is 6.35. The normalized spacial score (nSPS) is 12.0. The van der Waals surface area contributed by atoms with E-state index in [4.69, 9.17) is 32.7 Å². The molecule has 3 heterocycles. The van der Waals surface area contributed by atoms with Crippen molar-refractivity contribution in [2.24, 2.45) is 0 Å². The maximum Gasteiger partial charge on any atom is 0.420 e. The largest absolute Gasteiger partial charge is 0.443 e. The van der Waals surface area contributed by atoms with Gasteiger partial charge in [-0.1, -0.05) is 23.2 Å². The molecule has 0 aromatic carbocycles. The van der Waals surface area contributed by atoms with Crippen LogP contribution in [0.15, 0.2) is 30.9 Å². The van der Waals surface area contributed by atoms with Gasteiger partial charge in [0.2, 0.25) is 0 Å². The number of carbonyl (C=O) groups excluding carboxylic acids is 2. The van der Waals surface area contributed by atoms with Crippen molar-refractivity contribution in [3.05, 3.63) is 46.6 Å². The first kappa shape index (κ1) is 24.7. The van der Waals surface area contributed by atoms with Gasteiger partial charge in [-0.05, 0) is 53.2 Å². The number of fused-ring (bicyclic) bond motifs is 1. The monoisotopic (exact) mass is 493 g/mol. The molecule has 0 aliphatic rings. The number of hydrogen-bond donors (Lipinski definition) is 0. The maximum absolute atomic E-state index is 12.9. The molecule has 1 amide bonds. The third kappa shape index (κ3) is 6.33. The van der Waals surface area contributed by atoms with Gasteiger partial charge in [0.25, 0.3) is 0 Å². The van der Waals surface area contributed by atoms with Gasteiger partial charge in [0.05, 0.1) is 11.6 Å². The predicted octanol–water partition coefficient (Wildman–Crippen LogP) is 5.86. The van der Waals surface area contributed by atoms with E-state index in [0.717, 1.165) is 0 Å². The number of halogens is 2. The molecular weight excluding hydrogens is 469 g/mol. The van der Waals surface area contributed by atoms with E-state index in [-0.39, 0.29) is 17.5 Å². The second kappa shape index (κ2) is 9.15. The summed E-state index contributed by atoms with van der Waals surface area (Å²) in [6.45, 7) is 10.7. The van der Waals surface area contributed by atoms with Crippen molar-refractivity contribution in [2.75, 3.05) is 4.90 Å². The highest BCUT2D eigenvalue weighted by Gasteiger charge is 2.26. The van der Waals surface area contributed by atoms with E-state index in [1.807, 2.05) is 0 Å². The molecule has 176 valence electrons. The summed E-state index contributed by atoms with van der Waals surface area (Å²) in [5.74, 6) is 0.266. The van der Waals surface area contributed by atoms with Crippen LogP contribution in [0.3, 0.4) is 0 Å². The Kier molecular flexibility index (Phi) is 6.85. The van der Waals surface area contributed by atoms with Crippen molar-refractivity contribution in [1.29, 1.82) is 0 Å². The van der Waals surface area contributed by atoms with Crippen LogP contribution >= 0.6 is 23.2 Å². The summed E-state index contributed by atoms with van der Waals surface area (Å²) < 4.78 is 12.2. The lowest BCUT2D eigenvalue weighted by molar-refractivity contribution is 0.0540. The van der Waals surface area contributed by atoms with Crippen LogP contribution in [0, 0.1) is 0 Å². The van der Waals surface area contributed by atoms with Crippen molar-refractivity contribution in [1.82, 2.24) is 19.5 Å². The van der Waals surface area contributed by atoms with Crippen LogP contribution in [0.25, 0.3) is 11.0 Å². The van der Waals surface area contributed by atoms with Crippen LogP contribution in [-0.2, 0) is 16.0 Å². The third-order valence-corrected chi connectivity index (χ3v) is 4.60. The van der Waals surface area contributed by atoms with E-state index in [0.29, 0.717) is 21.6 Å². The van der Waals surface area contributed by atoms with Gasteiger partial charge in [-0.15, -0.1) is 0 Å². The number of nitrogens with zero attached hydrogens (tertiary/aromatic N) is 5. The molecule has 9 nitrogen and oxygen atoms in total.